The van der Waals surface area contributed by atoms with Crippen LogP contribution in [0.5, 0.6) is 0 Å². The van der Waals surface area contributed by atoms with Crippen LogP contribution >= 0.6 is 23.5 Å². The molecule has 0 saturated heterocycles. The molecule has 108 valence electrons. The van der Waals surface area contributed by atoms with Crippen molar-refractivity contribution in [2.75, 3.05) is 11.5 Å². The molecule has 1 aromatic carbocycles. The zero-order valence-electron chi connectivity index (χ0n) is 12.2. The van der Waals surface area contributed by atoms with Crippen molar-refractivity contribution in [3.05, 3.63) is 35.9 Å². The Kier molecular flexibility index (Phi) is 8.67. The van der Waals surface area contributed by atoms with Gasteiger partial charge in [-0.3, -0.25) is 0 Å². The lowest BCUT2D eigenvalue weighted by atomic mass is 9.99. The van der Waals surface area contributed by atoms with E-state index in [4.69, 9.17) is 0 Å². The molecule has 0 aliphatic heterocycles. The lowest BCUT2D eigenvalue weighted by molar-refractivity contribution is 0.115. The molecule has 1 aromatic rings. The van der Waals surface area contributed by atoms with E-state index in [1.807, 2.05) is 29.6 Å². The standard InChI is InChI=1S/C16H26OS2/c1-4-18-16(19-5-2)13(3)15(17)12-11-14-9-7-6-8-10-14/h6-10,13,15-17H,4-5,11-12H2,1-3H3/t13-,15-/m0/s1. The van der Waals surface area contributed by atoms with Gasteiger partial charge in [-0.25, -0.2) is 0 Å². The first-order valence-corrected chi connectivity index (χ1v) is 9.24. The zero-order chi connectivity index (χ0) is 14.1. The van der Waals surface area contributed by atoms with Gasteiger partial charge in [0.1, 0.15) is 0 Å². The summed E-state index contributed by atoms with van der Waals surface area (Å²) >= 11 is 3.92. The first-order valence-electron chi connectivity index (χ1n) is 7.14. The summed E-state index contributed by atoms with van der Waals surface area (Å²) in [5.74, 6) is 2.58. The zero-order valence-corrected chi connectivity index (χ0v) is 13.8. The molecule has 1 nitrogen and oxygen atoms in total. The molecule has 0 aliphatic carbocycles. The fourth-order valence-corrected chi connectivity index (χ4v) is 4.91. The van der Waals surface area contributed by atoms with Crippen molar-refractivity contribution >= 4 is 23.5 Å². The number of aliphatic hydroxyl groups is 1. The van der Waals surface area contributed by atoms with Crippen LogP contribution in [0.3, 0.4) is 0 Å². The van der Waals surface area contributed by atoms with Crippen LogP contribution in [-0.4, -0.2) is 27.3 Å². The third kappa shape index (κ3) is 6.24. The smallest absolute Gasteiger partial charge is 0.0587 e. The molecule has 1 N–H and O–H groups in total. The summed E-state index contributed by atoms with van der Waals surface area (Å²) in [7, 11) is 0. The minimum atomic E-state index is -0.205. The molecule has 0 aromatic heterocycles. The second-order valence-electron chi connectivity index (χ2n) is 4.73. The second-order valence-corrected chi connectivity index (χ2v) is 7.87. The third-order valence-corrected chi connectivity index (χ3v) is 6.27. The van der Waals surface area contributed by atoms with Crippen LogP contribution in [0.2, 0.25) is 0 Å². The van der Waals surface area contributed by atoms with Crippen molar-refractivity contribution in [2.45, 2.75) is 44.3 Å². The summed E-state index contributed by atoms with van der Waals surface area (Å²) in [5.41, 5.74) is 1.32. The monoisotopic (exact) mass is 298 g/mol. The van der Waals surface area contributed by atoms with Crippen LogP contribution in [0.15, 0.2) is 30.3 Å². The number of benzene rings is 1. The minimum Gasteiger partial charge on any atom is -0.393 e. The van der Waals surface area contributed by atoms with E-state index in [0.29, 0.717) is 10.5 Å². The molecule has 0 amide bonds. The fourth-order valence-electron chi connectivity index (χ4n) is 2.08. The van der Waals surface area contributed by atoms with Crippen molar-refractivity contribution in [1.82, 2.24) is 0 Å². The Balaban J connectivity index is 2.44. The molecular weight excluding hydrogens is 272 g/mol. The molecule has 0 spiro atoms. The van der Waals surface area contributed by atoms with E-state index in [2.05, 4.69) is 45.0 Å². The van der Waals surface area contributed by atoms with Gasteiger partial charge < -0.3 is 5.11 Å². The fraction of sp³-hybridized carbons (Fsp3) is 0.625. The van der Waals surface area contributed by atoms with E-state index in [1.54, 1.807) is 0 Å². The Hall–Kier alpha value is -0.120. The van der Waals surface area contributed by atoms with E-state index in [9.17, 15) is 5.11 Å². The lowest BCUT2D eigenvalue weighted by Crippen LogP contribution is -2.26. The number of thioether (sulfide) groups is 2. The van der Waals surface area contributed by atoms with Crippen LogP contribution in [0, 0.1) is 5.92 Å². The summed E-state index contributed by atoms with van der Waals surface area (Å²) in [5, 5.41) is 10.4. The summed E-state index contributed by atoms with van der Waals surface area (Å²) in [4.78, 5) is 0. The molecule has 3 heteroatoms. The first-order chi connectivity index (χ1) is 9.19. The van der Waals surface area contributed by atoms with Gasteiger partial charge in [-0.05, 0) is 29.9 Å². The molecular formula is C16H26OS2. The predicted molar refractivity (Wildman–Crippen MR) is 90.0 cm³/mol. The highest BCUT2D eigenvalue weighted by molar-refractivity contribution is 8.17. The average Bonchev–Trinajstić information content (AvgIpc) is 2.45. The van der Waals surface area contributed by atoms with Gasteiger partial charge in [-0.2, -0.15) is 0 Å². The molecule has 0 fully saturated rings. The number of hydrogen-bond donors (Lipinski definition) is 1. The van der Waals surface area contributed by atoms with E-state index in [-0.39, 0.29) is 6.10 Å². The number of hydrogen-bond acceptors (Lipinski definition) is 3. The molecule has 1 rings (SSSR count). The molecule has 0 unspecified atom stereocenters. The molecule has 0 aliphatic rings. The summed E-state index contributed by atoms with van der Waals surface area (Å²) < 4.78 is 0.515. The highest BCUT2D eigenvalue weighted by Gasteiger charge is 2.23. The Labute approximate surface area is 126 Å². The quantitative estimate of drug-likeness (QED) is 0.680. The molecule has 0 heterocycles. The van der Waals surface area contributed by atoms with Crippen molar-refractivity contribution in [3.63, 3.8) is 0 Å². The number of aliphatic hydroxyl groups excluding tert-OH is 1. The SMILES string of the molecule is CCSC(SCC)[C@@H](C)[C@@H](O)CCc1ccccc1. The predicted octanol–water partition coefficient (Wildman–Crippen LogP) is 4.45. The van der Waals surface area contributed by atoms with Gasteiger partial charge in [-0.15, -0.1) is 23.5 Å². The van der Waals surface area contributed by atoms with Gasteiger partial charge in [0.2, 0.25) is 0 Å². The maximum atomic E-state index is 10.4. The normalized spacial score (nSPS) is 14.6. The summed E-state index contributed by atoms with van der Waals surface area (Å²) in [6.07, 6.45) is 1.62. The van der Waals surface area contributed by atoms with Crippen molar-refractivity contribution in [2.24, 2.45) is 5.92 Å². The van der Waals surface area contributed by atoms with Crippen molar-refractivity contribution in [1.29, 1.82) is 0 Å². The molecule has 2 atom stereocenters. The van der Waals surface area contributed by atoms with Gasteiger partial charge in [-0.1, -0.05) is 51.1 Å². The largest absolute Gasteiger partial charge is 0.393 e. The van der Waals surface area contributed by atoms with Crippen molar-refractivity contribution < 1.29 is 5.11 Å². The number of rotatable bonds is 9. The van der Waals surface area contributed by atoms with Crippen LogP contribution < -0.4 is 0 Å². The Morgan fingerprint density at radius 1 is 1.05 bits per heavy atom. The van der Waals surface area contributed by atoms with Crippen LogP contribution in [0.4, 0.5) is 0 Å². The van der Waals surface area contributed by atoms with E-state index >= 15 is 0 Å². The average molecular weight is 299 g/mol. The lowest BCUT2D eigenvalue weighted by Gasteiger charge is -2.26. The Morgan fingerprint density at radius 3 is 2.16 bits per heavy atom. The summed E-state index contributed by atoms with van der Waals surface area (Å²) in [6, 6.07) is 10.4. The highest BCUT2D eigenvalue weighted by atomic mass is 32.2. The first kappa shape index (κ1) is 16.9. The molecule has 19 heavy (non-hydrogen) atoms. The third-order valence-electron chi connectivity index (χ3n) is 3.27. The maximum absolute atomic E-state index is 10.4. The van der Waals surface area contributed by atoms with Gasteiger partial charge in [0.15, 0.2) is 0 Å². The van der Waals surface area contributed by atoms with E-state index < -0.39 is 0 Å². The molecule has 0 radical (unpaired) electrons. The second kappa shape index (κ2) is 9.73. The van der Waals surface area contributed by atoms with E-state index in [1.165, 1.54) is 5.56 Å². The summed E-state index contributed by atoms with van der Waals surface area (Å²) in [6.45, 7) is 6.57. The Morgan fingerprint density at radius 2 is 1.63 bits per heavy atom. The van der Waals surface area contributed by atoms with Gasteiger partial charge >= 0.3 is 0 Å². The van der Waals surface area contributed by atoms with Gasteiger partial charge in [0, 0.05) is 5.92 Å². The maximum Gasteiger partial charge on any atom is 0.0587 e. The van der Waals surface area contributed by atoms with Gasteiger partial charge in [0.25, 0.3) is 0 Å². The van der Waals surface area contributed by atoms with E-state index in [0.717, 1.165) is 24.3 Å². The molecule has 0 bridgehead atoms. The van der Waals surface area contributed by atoms with Crippen LogP contribution in [-0.2, 0) is 6.42 Å². The van der Waals surface area contributed by atoms with Crippen LogP contribution in [0.1, 0.15) is 32.8 Å². The Bertz CT molecular complexity index is 323. The minimum absolute atomic E-state index is 0.205. The molecule has 0 saturated carbocycles. The topological polar surface area (TPSA) is 20.2 Å². The van der Waals surface area contributed by atoms with Crippen molar-refractivity contribution in [3.8, 4) is 0 Å². The van der Waals surface area contributed by atoms with Crippen LogP contribution in [0.25, 0.3) is 0 Å². The number of aryl methyl sites for hydroxylation is 1. The van der Waals surface area contributed by atoms with Gasteiger partial charge in [0.05, 0.1) is 10.7 Å². The highest BCUT2D eigenvalue weighted by Crippen LogP contribution is 2.33.